The van der Waals surface area contributed by atoms with Crippen molar-refractivity contribution in [3.63, 3.8) is 0 Å². The Labute approximate surface area is 321 Å². The van der Waals surface area contributed by atoms with E-state index >= 15 is 0 Å². The highest BCUT2D eigenvalue weighted by atomic mass is 15.2. The second kappa shape index (κ2) is 14.3. The molecule has 2 nitrogen and oxygen atoms in total. The average molecular weight is 705 g/mol. The largest absolute Gasteiger partial charge is 0.387 e. The Morgan fingerprint density at radius 3 is 2.44 bits per heavy atom. The molecule has 0 saturated carbocycles. The van der Waals surface area contributed by atoms with Gasteiger partial charge in [0, 0.05) is 35.8 Å². The second-order valence-electron chi connectivity index (χ2n) is 16.4. The van der Waals surface area contributed by atoms with Gasteiger partial charge in [-0.05, 0) is 150 Å². The molecule has 0 saturated heterocycles. The van der Waals surface area contributed by atoms with Gasteiger partial charge in [0.1, 0.15) is 0 Å². The van der Waals surface area contributed by atoms with Gasteiger partial charge < -0.3 is 10.2 Å². The van der Waals surface area contributed by atoms with Gasteiger partial charge in [-0.25, -0.2) is 0 Å². The lowest BCUT2D eigenvalue weighted by Gasteiger charge is -2.49. The zero-order valence-electron chi connectivity index (χ0n) is 31.5. The van der Waals surface area contributed by atoms with Crippen molar-refractivity contribution in [3.8, 4) is 11.1 Å². The minimum atomic E-state index is -0.287. The fraction of sp³-hybridized carbons (Fsp3) is 0.308. The number of nitrogens with one attached hydrogen (secondary N) is 1. The number of hydrogen-bond donors (Lipinski definition) is 1. The van der Waals surface area contributed by atoms with Crippen LogP contribution in [0.2, 0.25) is 0 Å². The summed E-state index contributed by atoms with van der Waals surface area (Å²) in [5.74, 6) is 1.63. The Balaban J connectivity index is 1.09. The van der Waals surface area contributed by atoms with Gasteiger partial charge in [0.25, 0.3) is 0 Å². The van der Waals surface area contributed by atoms with Gasteiger partial charge in [0.2, 0.25) is 0 Å². The van der Waals surface area contributed by atoms with Gasteiger partial charge in [-0.15, -0.1) is 0 Å². The third kappa shape index (κ3) is 5.69. The molecule has 4 atom stereocenters. The Morgan fingerprint density at radius 1 is 0.685 bits per heavy atom. The van der Waals surface area contributed by atoms with E-state index in [1.54, 1.807) is 5.57 Å². The number of hydrogen-bond acceptors (Lipinski definition) is 2. The summed E-state index contributed by atoms with van der Waals surface area (Å²) in [6, 6.07) is 16.3. The van der Waals surface area contributed by atoms with Gasteiger partial charge in [-0.2, -0.15) is 0 Å². The molecule has 8 aliphatic rings. The van der Waals surface area contributed by atoms with E-state index in [-0.39, 0.29) is 11.3 Å². The van der Waals surface area contributed by atoms with Crippen LogP contribution in [0.15, 0.2) is 174 Å². The van der Waals surface area contributed by atoms with Crippen LogP contribution in [0.25, 0.3) is 22.8 Å². The van der Waals surface area contributed by atoms with Gasteiger partial charge in [-0.1, -0.05) is 121 Å². The molecule has 54 heavy (non-hydrogen) atoms. The molecule has 0 radical (unpaired) electrons. The maximum absolute atomic E-state index is 3.66. The van der Waals surface area contributed by atoms with Crippen LogP contribution >= 0.6 is 0 Å². The lowest BCUT2D eigenvalue weighted by atomic mass is 9.54. The monoisotopic (exact) mass is 704 g/mol. The minimum absolute atomic E-state index is 0.246. The first-order valence-corrected chi connectivity index (χ1v) is 20.8. The van der Waals surface area contributed by atoms with Crippen LogP contribution < -0.4 is 15.8 Å². The maximum Gasteiger partial charge on any atom is 0.0507 e. The topological polar surface area (TPSA) is 15.3 Å². The number of benzene rings is 2. The van der Waals surface area contributed by atoms with Gasteiger partial charge >= 0.3 is 0 Å². The Kier molecular flexibility index (Phi) is 8.86. The van der Waals surface area contributed by atoms with Gasteiger partial charge in [0.05, 0.1) is 5.41 Å². The van der Waals surface area contributed by atoms with Crippen LogP contribution in [-0.4, -0.2) is 11.4 Å². The second-order valence-corrected chi connectivity index (χ2v) is 16.4. The van der Waals surface area contributed by atoms with Crippen LogP contribution in [0.5, 0.6) is 0 Å². The van der Waals surface area contributed by atoms with Crippen molar-refractivity contribution in [1.82, 2.24) is 10.2 Å². The van der Waals surface area contributed by atoms with E-state index < -0.39 is 0 Å². The van der Waals surface area contributed by atoms with Crippen molar-refractivity contribution in [1.29, 1.82) is 0 Å². The highest BCUT2D eigenvalue weighted by molar-refractivity contribution is 5.87. The fourth-order valence-corrected chi connectivity index (χ4v) is 11.0. The lowest BCUT2D eigenvalue weighted by molar-refractivity contribution is 0.356. The van der Waals surface area contributed by atoms with Crippen molar-refractivity contribution in [2.24, 2.45) is 17.8 Å². The maximum atomic E-state index is 3.66. The quantitative estimate of drug-likeness (QED) is 0.289. The van der Waals surface area contributed by atoms with Crippen molar-refractivity contribution in [2.75, 3.05) is 6.54 Å². The van der Waals surface area contributed by atoms with Gasteiger partial charge in [-0.3, -0.25) is 0 Å². The van der Waals surface area contributed by atoms with Crippen molar-refractivity contribution < 1.29 is 0 Å². The molecule has 0 aromatic heterocycles. The first-order valence-electron chi connectivity index (χ1n) is 20.8. The summed E-state index contributed by atoms with van der Waals surface area (Å²) >= 11 is 0. The predicted molar refractivity (Wildman–Crippen MR) is 226 cm³/mol. The first-order chi connectivity index (χ1) is 26.8. The summed E-state index contributed by atoms with van der Waals surface area (Å²) in [6.45, 7) is 0.876. The summed E-state index contributed by atoms with van der Waals surface area (Å²) < 4.78 is 0. The molecular formula is C52H52N2. The highest BCUT2D eigenvalue weighted by Crippen LogP contribution is 2.56. The molecule has 2 aromatic carbocycles. The molecule has 0 spiro atoms. The van der Waals surface area contributed by atoms with E-state index in [0.717, 1.165) is 63.8 Å². The van der Waals surface area contributed by atoms with Crippen molar-refractivity contribution in [2.45, 2.75) is 76.0 Å². The van der Waals surface area contributed by atoms with Crippen LogP contribution in [0.1, 0.15) is 76.2 Å². The number of fused-ring (bicyclic) bond motifs is 2. The predicted octanol–water partition coefficient (Wildman–Crippen LogP) is 10.8. The van der Waals surface area contributed by atoms with Crippen molar-refractivity contribution >= 4 is 11.6 Å². The normalized spacial score (nSPS) is 27.9. The molecule has 1 N–H and O–H groups in total. The molecule has 0 bridgehead atoms. The molecule has 10 rings (SSSR count). The standard InChI is InChI=1S/C52H52N2/c1-3-13-37(14-4-1)39-26-30-44(31-27-39)54(45-32-28-40(29-33-45)38-15-5-2-6-16-38)46-21-11-19-42(35-46)52(43-20-12-34-53-36-43)49-24-8-7-22-47(49)48-23-9-17-41-18-10-25-50(52)51(41)48/h1-3,5,7-9,11-13,17-24,26,28,30,32-33,36,38,40,42,53H,4,6,10,14-16,25,27,29,31,34-35H2. The van der Waals surface area contributed by atoms with Crippen LogP contribution in [0.4, 0.5) is 0 Å². The third-order valence-corrected chi connectivity index (χ3v) is 13.6. The van der Waals surface area contributed by atoms with E-state index in [2.05, 4.69) is 156 Å². The molecule has 1 heterocycles. The van der Waals surface area contributed by atoms with Crippen LogP contribution in [0, 0.1) is 17.8 Å². The van der Waals surface area contributed by atoms with E-state index in [4.69, 9.17) is 0 Å². The summed E-state index contributed by atoms with van der Waals surface area (Å²) in [4.78, 5) is 2.68. The van der Waals surface area contributed by atoms with Crippen LogP contribution in [-0.2, 0) is 5.41 Å². The number of dihydropyridines is 1. The number of allylic oxidation sites excluding steroid dienone is 19. The van der Waals surface area contributed by atoms with E-state index in [9.17, 15) is 0 Å². The Hall–Kier alpha value is -5.08. The Morgan fingerprint density at radius 2 is 1.63 bits per heavy atom. The molecule has 4 unspecified atom stereocenters. The van der Waals surface area contributed by atoms with Crippen molar-refractivity contribution in [3.05, 3.63) is 190 Å². The zero-order chi connectivity index (χ0) is 35.9. The fourth-order valence-electron chi connectivity index (χ4n) is 11.0. The average Bonchev–Trinajstić information content (AvgIpc) is 3.26. The summed E-state index contributed by atoms with van der Waals surface area (Å²) in [6.07, 6.45) is 53.6. The van der Waals surface area contributed by atoms with E-state index in [0.29, 0.717) is 5.92 Å². The minimum Gasteiger partial charge on any atom is -0.387 e. The van der Waals surface area contributed by atoms with E-state index in [1.165, 1.54) is 80.2 Å². The summed E-state index contributed by atoms with van der Waals surface area (Å²) in [7, 11) is 0. The molecule has 0 fully saturated rings. The molecular weight excluding hydrogens is 653 g/mol. The molecule has 270 valence electrons. The smallest absolute Gasteiger partial charge is 0.0507 e. The van der Waals surface area contributed by atoms with Crippen LogP contribution in [0.3, 0.4) is 0 Å². The zero-order valence-corrected chi connectivity index (χ0v) is 31.5. The third-order valence-electron chi connectivity index (χ3n) is 13.6. The molecule has 1 aliphatic heterocycles. The SMILES string of the molecule is C1=CCCC(C2=CC=C(N(C3=CCC(C4CC=CCC4)C=C3)C3=CC=CC(C4(C5=CNCC=C5)C5=c6c(cccc6=CCC5)-c5ccccc54)C3)CC2)=C1. The summed E-state index contributed by atoms with van der Waals surface area (Å²) in [5.41, 5.74) is 14.1. The van der Waals surface area contributed by atoms with Gasteiger partial charge in [0.15, 0.2) is 0 Å². The highest BCUT2D eigenvalue weighted by Gasteiger charge is 2.50. The van der Waals surface area contributed by atoms with E-state index in [1.807, 2.05) is 0 Å². The molecule has 7 aliphatic carbocycles. The molecule has 0 amide bonds. The number of rotatable bonds is 7. The molecule has 2 aromatic rings. The summed E-state index contributed by atoms with van der Waals surface area (Å²) in [5, 5.41) is 6.54. The molecule has 2 heteroatoms. The number of nitrogens with zero attached hydrogens (tertiary/aromatic N) is 1. The Bertz CT molecular complexity index is 2340. The first kappa shape index (κ1) is 33.5. The lowest BCUT2D eigenvalue weighted by Crippen LogP contribution is -2.49.